The predicted molar refractivity (Wildman–Crippen MR) is 78.2 cm³/mol. The second kappa shape index (κ2) is 7.39. The van der Waals surface area contributed by atoms with Gasteiger partial charge >= 0.3 is 11.9 Å². The van der Waals surface area contributed by atoms with Crippen molar-refractivity contribution < 1.29 is 29.0 Å². The molecule has 0 fully saturated rings. The monoisotopic (exact) mass is 321 g/mol. The number of benzene rings is 1. The number of carbonyl (C=O) groups is 4. The zero-order valence-corrected chi connectivity index (χ0v) is 12.6. The summed E-state index contributed by atoms with van der Waals surface area (Å²) in [7, 11) is 0. The molecule has 1 aromatic carbocycles. The van der Waals surface area contributed by atoms with E-state index in [9.17, 15) is 24.1 Å². The Labute approximate surface area is 131 Å². The van der Waals surface area contributed by atoms with E-state index in [0.717, 1.165) is 13.8 Å². The molecular weight excluding hydrogens is 306 g/mol. The predicted octanol–water partition coefficient (Wildman–Crippen LogP) is 1.75. The molecule has 8 heteroatoms. The van der Waals surface area contributed by atoms with Gasteiger partial charge in [-0.3, -0.25) is 14.4 Å². The van der Waals surface area contributed by atoms with E-state index in [1.54, 1.807) is 0 Å². The molecule has 1 N–H and O–H groups in total. The molecule has 23 heavy (non-hydrogen) atoms. The summed E-state index contributed by atoms with van der Waals surface area (Å²) in [6.45, 7) is 2.07. The normalized spacial score (nSPS) is 10.7. The fraction of sp³-hybridized carbons (Fsp3) is 0.333. The molecule has 0 unspecified atom stereocenters. The van der Waals surface area contributed by atoms with E-state index in [0.29, 0.717) is 0 Å². The maximum atomic E-state index is 11.8. The molecule has 0 spiro atoms. The van der Waals surface area contributed by atoms with E-state index in [1.807, 2.05) is 0 Å². The molecule has 8 nitrogen and oxygen atoms in total. The Kier molecular flexibility index (Phi) is 5.83. The van der Waals surface area contributed by atoms with Gasteiger partial charge in [0.05, 0.1) is 0 Å². The Morgan fingerprint density at radius 2 is 1.70 bits per heavy atom. The Hall–Kier alpha value is -2.90. The molecule has 0 atom stereocenters. The van der Waals surface area contributed by atoms with Crippen molar-refractivity contribution in [1.82, 2.24) is 0 Å². The van der Waals surface area contributed by atoms with Crippen molar-refractivity contribution in [3.05, 3.63) is 34.7 Å². The van der Waals surface area contributed by atoms with Crippen LogP contribution in [-0.2, 0) is 14.4 Å². The van der Waals surface area contributed by atoms with Gasteiger partial charge in [0.15, 0.2) is 11.6 Å². The number of carboxylic acids is 1. The topological polar surface area (TPSA) is 127 Å². The van der Waals surface area contributed by atoms with E-state index in [1.165, 1.54) is 24.3 Å². The maximum absolute atomic E-state index is 11.8. The molecule has 1 aromatic rings. The molecular formula is C15H15NO7. The van der Waals surface area contributed by atoms with Crippen molar-refractivity contribution in [2.45, 2.75) is 32.2 Å². The van der Waals surface area contributed by atoms with Crippen LogP contribution in [0.2, 0.25) is 0 Å². The number of aromatic carboxylic acids is 1. The van der Waals surface area contributed by atoms with Crippen LogP contribution >= 0.6 is 0 Å². The second-order valence-electron chi connectivity index (χ2n) is 4.84. The number of ether oxygens (including phenoxy) is 1. The first-order chi connectivity index (χ1) is 10.7. The second-order valence-corrected chi connectivity index (χ2v) is 4.84. The molecule has 0 aliphatic carbocycles. The summed E-state index contributed by atoms with van der Waals surface area (Å²) in [5, 5.41) is 11.6. The van der Waals surface area contributed by atoms with Gasteiger partial charge in [0.25, 0.3) is 0 Å². The Bertz CT molecular complexity index is 652. The summed E-state index contributed by atoms with van der Waals surface area (Å²) in [5.74, 6) is -3.85. The minimum Gasteiger partial charge on any atom is -0.478 e. The van der Waals surface area contributed by atoms with Gasteiger partial charge in [-0.2, -0.15) is 0 Å². The van der Waals surface area contributed by atoms with E-state index in [4.69, 9.17) is 9.84 Å². The van der Waals surface area contributed by atoms with Crippen molar-refractivity contribution in [2.24, 2.45) is 5.18 Å². The van der Waals surface area contributed by atoms with Gasteiger partial charge in [-0.1, -0.05) is 12.1 Å². The number of hydrogen-bond acceptors (Lipinski definition) is 7. The molecule has 0 radical (unpaired) electrons. The summed E-state index contributed by atoms with van der Waals surface area (Å²) in [4.78, 5) is 56.7. The average molecular weight is 321 g/mol. The molecule has 0 aliphatic heterocycles. The number of nitrogens with zero attached hydrogens (tertiary/aromatic N) is 1. The number of Topliss-reactive ketones (excluding diaryl/α,β-unsaturated/α-hetero) is 2. The van der Waals surface area contributed by atoms with Crippen LogP contribution in [0.5, 0.6) is 5.75 Å². The highest BCUT2D eigenvalue weighted by molar-refractivity contribution is 6.10. The van der Waals surface area contributed by atoms with Crippen molar-refractivity contribution >= 4 is 23.5 Å². The SMILES string of the molecule is CC(=O)C(CCC(=O)Oc1ccccc1C(=O)O)(N=O)C(C)=O. The molecule has 0 aliphatic rings. The number of carbonyl (C=O) groups excluding carboxylic acids is 3. The number of hydrogen-bond donors (Lipinski definition) is 1. The highest BCUT2D eigenvalue weighted by Crippen LogP contribution is 2.23. The van der Waals surface area contributed by atoms with Crippen LogP contribution in [0, 0.1) is 4.91 Å². The van der Waals surface area contributed by atoms with Gasteiger partial charge in [-0.15, -0.1) is 4.91 Å². The van der Waals surface area contributed by atoms with Crippen LogP contribution in [0.1, 0.15) is 37.0 Å². The minimum absolute atomic E-state index is 0.166. The fourth-order valence-corrected chi connectivity index (χ4v) is 1.96. The Morgan fingerprint density at radius 1 is 1.13 bits per heavy atom. The third-order valence-corrected chi connectivity index (χ3v) is 3.35. The molecule has 0 aromatic heterocycles. The van der Waals surface area contributed by atoms with Crippen LogP contribution in [0.25, 0.3) is 0 Å². The van der Waals surface area contributed by atoms with Crippen molar-refractivity contribution in [1.29, 1.82) is 0 Å². The number of esters is 1. The van der Waals surface area contributed by atoms with Crippen molar-refractivity contribution in [3.8, 4) is 5.75 Å². The van der Waals surface area contributed by atoms with Gasteiger partial charge in [-0.25, -0.2) is 4.79 Å². The van der Waals surface area contributed by atoms with E-state index < -0.39 is 41.9 Å². The minimum atomic E-state index is -2.12. The number of ketones is 2. The summed E-state index contributed by atoms with van der Waals surface area (Å²) in [6, 6.07) is 5.50. The summed E-state index contributed by atoms with van der Waals surface area (Å²) in [5.41, 5.74) is -2.33. The average Bonchev–Trinajstić information content (AvgIpc) is 2.48. The summed E-state index contributed by atoms with van der Waals surface area (Å²) in [6.07, 6.45) is -0.881. The van der Waals surface area contributed by atoms with Crippen LogP contribution in [0.15, 0.2) is 29.4 Å². The number of carboxylic acid groups (broad SMARTS) is 1. The third-order valence-electron chi connectivity index (χ3n) is 3.35. The van der Waals surface area contributed by atoms with Gasteiger partial charge in [-0.05, 0) is 31.2 Å². The molecule has 0 bridgehead atoms. The highest BCUT2D eigenvalue weighted by atomic mass is 16.5. The largest absolute Gasteiger partial charge is 0.478 e. The van der Waals surface area contributed by atoms with Crippen LogP contribution in [0.4, 0.5) is 0 Å². The highest BCUT2D eigenvalue weighted by Gasteiger charge is 2.42. The lowest BCUT2D eigenvalue weighted by Gasteiger charge is -2.19. The molecule has 0 saturated heterocycles. The van der Waals surface area contributed by atoms with Gasteiger partial charge in [0.2, 0.25) is 5.54 Å². The Morgan fingerprint density at radius 3 is 2.17 bits per heavy atom. The standard InChI is InChI=1S/C15H15NO7/c1-9(17)15(16-22,10(2)18)8-7-13(19)23-12-6-4-3-5-11(12)14(20)21/h3-6H,7-8H2,1-2H3,(H,20,21). The number of para-hydroxylation sites is 1. The van der Waals surface area contributed by atoms with Gasteiger partial charge in [0.1, 0.15) is 11.3 Å². The van der Waals surface area contributed by atoms with Gasteiger partial charge < -0.3 is 9.84 Å². The van der Waals surface area contributed by atoms with Crippen LogP contribution < -0.4 is 4.74 Å². The van der Waals surface area contributed by atoms with Crippen molar-refractivity contribution in [2.75, 3.05) is 0 Å². The zero-order chi connectivity index (χ0) is 17.6. The summed E-state index contributed by atoms with van der Waals surface area (Å²) >= 11 is 0. The van der Waals surface area contributed by atoms with E-state index in [2.05, 4.69) is 5.18 Å². The molecule has 0 saturated carbocycles. The van der Waals surface area contributed by atoms with E-state index >= 15 is 0 Å². The first-order valence-corrected chi connectivity index (χ1v) is 6.64. The quantitative estimate of drug-likeness (QED) is 0.334. The molecule has 1 rings (SSSR count). The number of rotatable bonds is 8. The van der Waals surface area contributed by atoms with E-state index in [-0.39, 0.29) is 11.3 Å². The fourth-order valence-electron chi connectivity index (χ4n) is 1.96. The third kappa shape index (κ3) is 4.06. The molecule has 122 valence electrons. The lowest BCUT2D eigenvalue weighted by molar-refractivity contribution is -0.136. The molecule has 0 heterocycles. The first kappa shape index (κ1) is 18.1. The molecule has 0 amide bonds. The Balaban J connectivity index is 2.86. The maximum Gasteiger partial charge on any atom is 0.339 e. The lowest BCUT2D eigenvalue weighted by atomic mass is 9.86. The lowest BCUT2D eigenvalue weighted by Crippen LogP contribution is -2.42. The summed E-state index contributed by atoms with van der Waals surface area (Å²) < 4.78 is 4.92. The zero-order valence-electron chi connectivity index (χ0n) is 12.6. The smallest absolute Gasteiger partial charge is 0.339 e. The van der Waals surface area contributed by atoms with Crippen LogP contribution in [0.3, 0.4) is 0 Å². The number of nitroso groups, excluding NO2 is 1. The van der Waals surface area contributed by atoms with Crippen molar-refractivity contribution in [3.63, 3.8) is 0 Å². The van der Waals surface area contributed by atoms with Gasteiger partial charge in [0, 0.05) is 12.8 Å². The van der Waals surface area contributed by atoms with Crippen LogP contribution in [-0.4, -0.2) is 34.2 Å². The first-order valence-electron chi connectivity index (χ1n) is 6.64.